The Kier molecular flexibility index (Phi) is 18.8. The van der Waals surface area contributed by atoms with Crippen LogP contribution >= 0.6 is 22.6 Å². The molecule has 20 rings (SSSR count). The first-order valence-electron chi connectivity index (χ1n) is 37.1. The number of halogens is 1. The third-order valence-corrected chi connectivity index (χ3v) is 21.6. The lowest BCUT2D eigenvalue weighted by atomic mass is 9.80. The minimum absolute atomic E-state index is 0.557. The van der Waals surface area contributed by atoms with E-state index in [1.807, 2.05) is 208 Å². The highest BCUT2D eigenvalue weighted by molar-refractivity contribution is 14.1. The lowest BCUT2D eigenvalue weighted by molar-refractivity contribution is -0.0893. The Morgan fingerprint density at radius 3 is 1.07 bits per heavy atom. The number of aliphatic hydroxyl groups is 1. The van der Waals surface area contributed by atoms with Crippen molar-refractivity contribution in [2.24, 2.45) is 0 Å². The summed E-state index contributed by atoms with van der Waals surface area (Å²) in [6.07, 6.45) is 3.67. The van der Waals surface area contributed by atoms with E-state index in [0.717, 1.165) is 131 Å². The normalized spacial score (nSPS) is 11.7. The topological polar surface area (TPSA) is 159 Å². The first-order valence-corrected chi connectivity index (χ1v) is 38.2. The molecule has 1 radical (unpaired) electrons. The number of benzene rings is 14. The Bertz CT molecular complexity index is 6820. The van der Waals surface area contributed by atoms with Crippen molar-refractivity contribution in [1.82, 2.24) is 39.9 Å². The number of fused-ring (bicyclic) bond motifs is 12. The van der Waals surface area contributed by atoms with Crippen molar-refractivity contribution in [2.45, 2.75) is 38.9 Å². The van der Waals surface area contributed by atoms with Gasteiger partial charge in [0.15, 0.2) is 46.1 Å². The van der Waals surface area contributed by atoms with Gasteiger partial charge in [-0.2, -0.15) is 0 Å². The van der Waals surface area contributed by atoms with Crippen LogP contribution in [0.15, 0.2) is 349 Å². The third-order valence-electron chi connectivity index (χ3n) is 20.7. The van der Waals surface area contributed by atoms with Crippen molar-refractivity contribution in [3.05, 3.63) is 344 Å². The molecule has 0 saturated heterocycles. The largest absolute Gasteiger partial charge is 0.454 e. The maximum atomic E-state index is 10.8. The van der Waals surface area contributed by atoms with Gasteiger partial charge in [0.2, 0.25) is 0 Å². The Hall–Kier alpha value is -13.2. The van der Waals surface area contributed by atoms with Crippen LogP contribution in [0.5, 0.6) is 0 Å². The monoisotopic (exact) mass is 1560 g/mol. The van der Waals surface area contributed by atoms with Crippen molar-refractivity contribution in [3.8, 4) is 102 Å². The number of aromatic nitrogens is 8. The van der Waals surface area contributed by atoms with Gasteiger partial charge < -0.3 is 18.6 Å². The molecular weight excluding hydrogens is 1490 g/mol. The van der Waals surface area contributed by atoms with E-state index in [1.165, 1.54) is 32.3 Å². The molecule has 112 heavy (non-hydrogen) atoms. The lowest BCUT2D eigenvalue weighted by Gasteiger charge is -2.37. The lowest BCUT2D eigenvalue weighted by Crippen LogP contribution is -2.49. The number of hydrogen-bond acceptors (Lipinski definition) is 12. The molecule has 1 N–H and O–H groups in total. The molecule has 0 spiro atoms. The summed E-state index contributed by atoms with van der Waals surface area (Å²) in [6.45, 7) is 7.28. The summed E-state index contributed by atoms with van der Waals surface area (Å²) in [7, 11) is 1.73. The summed E-state index contributed by atoms with van der Waals surface area (Å²) >= 11 is 2.26. The van der Waals surface area contributed by atoms with E-state index in [-0.39, 0.29) is 0 Å². The Morgan fingerprint density at radius 1 is 0.304 bits per heavy atom. The molecule has 20 aromatic rings. The summed E-state index contributed by atoms with van der Waals surface area (Å²) in [4.78, 5) is 39.2. The molecule has 0 atom stereocenters. The summed E-state index contributed by atoms with van der Waals surface area (Å²) in [5, 5.41) is 22.4. The van der Waals surface area contributed by atoms with Crippen LogP contribution in [0.25, 0.3) is 189 Å². The van der Waals surface area contributed by atoms with Gasteiger partial charge in [-0.05, 0) is 194 Å². The summed E-state index contributed by atoms with van der Waals surface area (Å²) in [6, 6.07) is 112. The van der Waals surface area contributed by atoms with Gasteiger partial charge in [0.1, 0.15) is 22.2 Å². The molecule has 6 heterocycles. The average Bonchev–Trinajstić information content (AvgIpc) is 1.20. The number of furan rings is 2. The van der Waals surface area contributed by atoms with Gasteiger partial charge in [-0.1, -0.05) is 260 Å². The molecule has 14 aromatic carbocycles. The number of para-hydroxylation sites is 2. The van der Waals surface area contributed by atoms with Gasteiger partial charge in [-0.25, -0.2) is 29.9 Å². The second-order valence-electron chi connectivity index (χ2n) is 28.6. The van der Waals surface area contributed by atoms with Gasteiger partial charge in [0.25, 0.3) is 0 Å². The summed E-state index contributed by atoms with van der Waals surface area (Å²) in [5.74, 6) is 3.58. The maximum Gasteiger partial charge on any atom is 0.330 e. The number of nitrogens with zero attached hydrogens (tertiary/aromatic N) is 8. The van der Waals surface area contributed by atoms with E-state index in [1.54, 1.807) is 21.3 Å². The second kappa shape index (κ2) is 30.0. The van der Waals surface area contributed by atoms with Gasteiger partial charge in [0.05, 0.1) is 14.8 Å². The van der Waals surface area contributed by atoms with Crippen LogP contribution in [0.2, 0.25) is 0 Å². The van der Waals surface area contributed by atoms with Crippen molar-refractivity contribution < 1.29 is 18.6 Å². The first-order chi connectivity index (χ1) is 54.8. The number of hydrogen-bond donors (Lipinski definition) is 1. The van der Waals surface area contributed by atoms with E-state index in [9.17, 15) is 5.11 Å². The molecule has 0 unspecified atom stereocenters. The van der Waals surface area contributed by atoms with E-state index in [2.05, 4.69) is 173 Å². The standard InChI is InChI=1S/C46H28N4O.C41H35BN3O2.C11H6INO/c1-3-13-29(14-4-1)44-48-45(30-15-5-2-6-16-30)50-46(49-44)34-26-32(36-23-24-47-42-39-21-11-12-22-41(39)51-43(36)42)25-33(27-34)40-28-31-17-7-8-18-35(31)37-19-9-10-20-38(37)40;1-40(2,46)41(3,4)47-42-32-24-30(36-26-29-19-11-12-20-33(29)34-21-13-14-22-35(34)36)23-31(25-32)39-44-37(27-15-7-5-8-16-27)43-38(45-39)28-17-9-6-10-18-28;12-8-5-6-13-10-7-3-1-2-4-9(7)14-11(8)10/h1-28H;5-26,46H,1-4H3;1-6H. The van der Waals surface area contributed by atoms with Gasteiger partial charge in [0, 0.05) is 62.1 Å². The fourth-order valence-corrected chi connectivity index (χ4v) is 14.8. The van der Waals surface area contributed by atoms with Gasteiger partial charge >= 0.3 is 7.48 Å². The molecule has 0 bridgehead atoms. The minimum atomic E-state index is -1.07. The van der Waals surface area contributed by atoms with E-state index < -0.39 is 11.2 Å². The molecule has 0 saturated carbocycles. The van der Waals surface area contributed by atoms with E-state index in [4.69, 9.17) is 48.4 Å². The summed E-state index contributed by atoms with van der Waals surface area (Å²) < 4.78 is 19.6. The molecule has 0 aliphatic carbocycles. The first kappa shape index (κ1) is 70.4. The number of rotatable bonds is 13. The molecule has 14 heteroatoms. The zero-order valence-electron chi connectivity index (χ0n) is 61.5. The SMILES string of the molecule is CC(C)(O)C(C)(C)O[B]c1cc(-c2nc(-c3ccccc3)nc(-c3ccccc3)n2)cc(-c2cc3ccccc3c3ccccc23)c1.Ic1ccnc2c1oc1ccccc12.c1ccc(-c2nc(-c3ccccc3)nc(-c3cc(-c4cc5ccccc5c5ccccc45)cc(-c4ccnc5c4oc4ccccc45)c3)n2)cc1. The molecule has 0 aliphatic rings. The third kappa shape index (κ3) is 14.0. The van der Waals surface area contributed by atoms with Crippen LogP contribution < -0.4 is 5.46 Å². The second-order valence-corrected chi connectivity index (χ2v) is 29.8. The van der Waals surface area contributed by atoms with Crippen LogP contribution in [0.1, 0.15) is 27.7 Å². The van der Waals surface area contributed by atoms with Crippen LogP contribution in [0.4, 0.5) is 0 Å². The predicted molar refractivity (Wildman–Crippen MR) is 465 cm³/mol. The maximum absolute atomic E-state index is 10.8. The average molecular weight is 1560 g/mol. The van der Waals surface area contributed by atoms with E-state index >= 15 is 0 Å². The van der Waals surface area contributed by atoms with Gasteiger partial charge in [-0.3, -0.25) is 9.97 Å². The fourth-order valence-electron chi connectivity index (χ4n) is 14.3. The van der Waals surface area contributed by atoms with Crippen LogP contribution in [-0.2, 0) is 4.65 Å². The fraction of sp³-hybridized carbons (Fsp3) is 0.0612. The van der Waals surface area contributed by atoms with Crippen molar-refractivity contribution in [3.63, 3.8) is 0 Å². The van der Waals surface area contributed by atoms with Crippen molar-refractivity contribution in [2.75, 3.05) is 0 Å². The molecule has 0 aliphatic heterocycles. The highest BCUT2D eigenvalue weighted by Crippen LogP contribution is 2.43. The molecule has 12 nitrogen and oxygen atoms in total. The summed E-state index contributed by atoms with van der Waals surface area (Å²) in [5.41, 5.74) is 15.6. The molecule has 0 amide bonds. The number of pyridine rings is 2. The van der Waals surface area contributed by atoms with Gasteiger partial charge in [-0.15, -0.1) is 0 Å². The zero-order valence-corrected chi connectivity index (χ0v) is 63.7. The Labute approximate surface area is 660 Å². The molecule has 0 fully saturated rings. The zero-order chi connectivity index (χ0) is 75.9. The van der Waals surface area contributed by atoms with Crippen LogP contribution in [0.3, 0.4) is 0 Å². The smallest absolute Gasteiger partial charge is 0.330 e. The quantitative estimate of drug-likeness (QED) is 0.0662. The van der Waals surface area contributed by atoms with E-state index in [0.29, 0.717) is 34.9 Å². The van der Waals surface area contributed by atoms with Crippen molar-refractivity contribution >= 4 is 123 Å². The predicted octanol–water partition coefficient (Wildman–Crippen LogP) is 24.0. The molecule has 6 aromatic heterocycles. The molecular formula is C98H69BIN8O4. The minimum Gasteiger partial charge on any atom is -0.454 e. The molecule has 535 valence electrons. The highest BCUT2D eigenvalue weighted by atomic mass is 127. The van der Waals surface area contributed by atoms with Crippen LogP contribution in [-0.4, -0.2) is 63.7 Å². The van der Waals surface area contributed by atoms with Crippen LogP contribution in [0, 0.1) is 3.57 Å². The highest BCUT2D eigenvalue weighted by Gasteiger charge is 2.36. The van der Waals surface area contributed by atoms with Crippen molar-refractivity contribution in [1.29, 1.82) is 0 Å². The Morgan fingerprint density at radius 2 is 0.625 bits per heavy atom. The Balaban J connectivity index is 0.000000133.